The van der Waals surface area contributed by atoms with Crippen LogP contribution in [0, 0.1) is 18.7 Å². The Morgan fingerprint density at radius 3 is 2.49 bits per heavy atom. The average molecular weight is 668 g/mol. The molecule has 252 valence electrons. The van der Waals surface area contributed by atoms with Gasteiger partial charge in [0, 0.05) is 23.5 Å². The Kier molecular flexibility index (Phi) is 9.97. The summed E-state index contributed by atoms with van der Waals surface area (Å²) < 4.78 is 57.1. The number of ether oxygens (including phenoxy) is 1. The number of carboxylic acids is 2. The van der Waals surface area contributed by atoms with Crippen molar-refractivity contribution >= 4 is 46.3 Å². The molecule has 2 aromatic heterocycles. The number of hydrogen-bond acceptors (Lipinski definition) is 9. The molecule has 1 aliphatic carbocycles. The van der Waals surface area contributed by atoms with Crippen LogP contribution in [0.2, 0.25) is 0 Å². The van der Waals surface area contributed by atoms with Gasteiger partial charge >= 0.3 is 18.3 Å². The number of carbonyl (C=O) groups is 5. The average Bonchev–Trinajstić information content (AvgIpc) is 3.49. The number of nitrogens with one attached hydrogen (secondary N) is 1. The van der Waals surface area contributed by atoms with Gasteiger partial charge in [0.05, 0.1) is 17.4 Å². The maximum Gasteiger partial charge on any atom is 0.573 e. The number of pyridine rings is 1. The minimum atomic E-state index is -5.11. The number of primary amides is 1. The van der Waals surface area contributed by atoms with E-state index >= 15 is 0 Å². The highest BCUT2D eigenvalue weighted by atomic mass is 19.4. The van der Waals surface area contributed by atoms with Gasteiger partial charge in [-0.25, -0.2) is 4.39 Å². The standard InChI is InChI=1S/C23H20F4N6O4.C5H9NO4/c1-10-5-12-16(8-29-10)32(31-20(12)21(28)35)9-18(34)33-14-6-11(14)7-15(33)22(36)30-13-3-2-4-17(19(13)24)37-23(25,26)27;6-3(5(9)10)1-2-4(7)8/h2-5,8,11,14-15H,6-7,9H2,1H3,(H2,28,35)(H,30,36);3H,1-2,6H2,(H,7,8)(H,9,10)/t11-,14-,15+;/m1./s1. The number of piperidine rings is 1. The Bertz CT molecular complexity index is 1730. The van der Waals surface area contributed by atoms with Crippen LogP contribution >= 0.6 is 0 Å². The smallest absolute Gasteiger partial charge is 0.481 e. The van der Waals surface area contributed by atoms with Crippen molar-refractivity contribution in [3.8, 4) is 5.75 Å². The normalized spacial score (nSPS) is 18.9. The van der Waals surface area contributed by atoms with Gasteiger partial charge in [-0.3, -0.25) is 33.6 Å². The second-order valence-electron chi connectivity index (χ2n) is 10.9. The van der Waals surface area contributed by atoms with Crippen LogP contribution in [0.25, 0.3) is 10.9 Å². The van der Waals surface area contributed by atoms with Gasteiger partial charge in [-0.2, -0.15) is 5.10 Å². The molecule has 7 N–H and O–H groups in total. The van der Waals surface area contributed by atoms with Crippen molar-refractivity contribution in [2.24, 2.45) is 17.4 Å². The summed E-state index contributed by atoms with van der Waals surface area (Å²) in [6.45, 7) is 1.41. The summed E-state index contributed by atoms with van der Waals surface area (Å²) in [6.07, 6.45) is -2.87. The third-order valence-electron chi connectivity index (χ3n) is 7.42. The fourth-order valence-electron chi connectivity index (χ4n) is 5.17. The van der Waals surface area contributed by atoms with Gasteiger partial charge in [-0.05, 0) is 50.3 Å². The van der Waals surface area contributed by atoms with E-state index in [9.17, 15) is 41.5 Å². The summed E-state index contributed by atoms with van der Waals surface area (Å²) in [5, 5.41) is 23.1. The number of hydrogen-bond donors (Lipinski definition) is 5. The lowest BCUT2D eigenvalue weighted by Gasteiger charge is -2.27. The molecule has 15 nitrogen and oxygen atoms in total. The molecule has 3 aromatic rings. The first-order valence-electron chi connectivity index (χ1n) is 14.0. The molecule has 1 saturated heterocycles. The number of aliphatic carboxylic acids is 2. The van der Waals surface area contributed by atoms with E-state index in [1.54, 1.807) is 13.0 Å². The summed E-state index contributed by atoms with van der Waals surface area (Å²) in [7, 11) is 0. The lowest BCUT2D eigenvalue weighted by Crippen LogP contribution is -2.46. The van der Waals surface area contributed by atoms with Gasteiger partial charge in [0.25, 0.3) is 5.91 Å². The van der Waals surface area contributed by atoms with Crippen LogP contribution in [0.4, 0.5) is 23.2 Å². The van der Waals surface area contributed by atoms with E-state index in [1.807, 2.05) is 0 Å². The molecule has 5 rings (SSSR count). The van der Waals surface area contributed by atoms with Crippen LogP contribution in [0.3, 0.4) is 0 Å². The number of fused-ring (bicyclic) bond motifs is 2. The SMILES string of the molecule is Cc1cc2c(C(N)=O)nn(CC(=O)N3[C@@H]4C[C@@H]4C[C@H]3C(=O)Nc3cccc(OC(F)(F)F)c3F)c2cn1.NC(CCC(=O)O)C(=O)O. The fraction of sp³-hybridized carbons (Fsp3) is 0.393. The molecule has 0 bridgehead atoms. The van der Waals surface area contributed by atoms with Crippen LogP contribution < -0.4 is 21.5 Å². The van der Waals surface area contributed by atoms with Gasteiger partial charge in [0.1, 0.15) is 18.6 Å². The molecular weight excluding hydrogens is 638 g/mol. The number of nitrogens with zero attached hydrogens (tertiary/aromatic N) is 4. The molecule has 0 spiro atoms. The first-order valence-corrected chi connectivity index (χ1v) is 14.0. The van der Waals surface area contributed by atoms with Crippen LogP contribution in [-0.4, -0.2) is 84.0 Å². The highest BCUT2D eigenvalue weighted by Gasteiger charge is 2.56. The highest BCUT2D eigenvalue weighted by molar-refractivity contribution is 6.04. The summed E-state index contributed by atoms with van der Waals surface area (Å²) in [5.41, 5.74) is 10.9. The van der Waals surface area contributed by atoms with E-state index in [0.29, 0.717) is 29.4 Å². The summed E-state index contributed by atoms with van der Waals surface area (Å²) in [4.78, 5) is 63.6. The minimum Gasteiger partial charge on any atom is -0.481 e. The highest BCUT2D eigenvalue weighted by Crippen LogP contribution is 2.48. The second-order valence-corrected chi connectivity index (χ2v) is 10.9. The molecule has 2 aliphatic rings. The van der Waals surface area contributed by atoms with E-state index < -0.39 is 65.4 Å². The number of halogens is 4. The summed E-state index contributed by atoms with van der Waals surface area (Å²) >= 11 is 0. The first-order chi connectivity index (χ1) is 22.0. The van der Waals surface area contributed by atoms with Crippen LogP contribution in [0.5, 0.6) is 5.75 Å². The topological polar surface area (TPSA) is 233 Å². The van der Waals surface area contributed by atoms with Crippen molar-refractivity contribution in [1.29, 1.82) is 0 Å². The predicted octanol–water partition coefficient (Wildman–Crippen LogP) is 1.77. The van der Waals surface area contributed by atoms with Crippen molar-refractivity contribution in [2.45, 2.75) is 63.6 Å². The van der Waals surface area contributed by atoms with E-state index in [0.717, 1.165) is 18.2 Å². The molecule has 19 heteroatoms. The van der Waals surface area contributed by atoms with Gasteiger partial charge in [0.15, 0.2) is 17.3 Å². The van der Waals surface area contributed by atoms with Crippen LogP contribution in [0.15, 0.2) is 30.5 Å². The number of aryl methyl sites for hydroxylation is 1. The van der Waals surface area contributed by atoms with Crippen molar-refractivity contribution < 1.29 is 56.5 Å². The third-order valence-corrected chi connectivity index (χ3v) is 7.42. The fourth-order valence-corrected chi connectivity index (χ4v) is 5.17. The Morgan fingerprint density at radius 1 is 1.17 bits per heavy atom. The molecule has 1 saturated carbocycles. The van der Waals surface area contributed by atoms with Crippen molar-refractivity contribution in [3.63, 3.8) is 0 Å². The van der Waals surface area contributed by atoms with Gasteiger partial charge in [0.2, 0.25) is 11.8 Å². The van der Waals surface area contributed by atoms with Crippen molar-refractivity contribution in [1.82, 2.24) is 19.7 Å². The molecule has 47 heavy (non-hydrogen) atoms. The second kappa shape index (κ2) is 13.6. The molecule has 0 radical (unpaired) electrons. The van der Waals surface area contributed by atoms with Crippen molar-refractivity contribution in [3.05, 3.63) is 47.7 Å². The summed E-state index contributed by atoms with van der Waals surface area (Å²) in [5.74, 6) is -6.60. The largest absolute Gasteiger partial charge is 0.573 e. The van der Waals surface area contributed by atoms with Gasteiger partial charge in [-0.1, -0.05) is 6.07 Å². The number of alkyl halides is 3. The van der Waals surface area contributed by atoms with E-state index in [4.69, 9.17) is 21.7 Å². The Morgan fingerprint density at radius 2 is 1.87 bits per heavy atom. The lowest BCUT2D eigenvalue weighted by atomic mass is 10.1. The molecule has 4 atom stereocenters. The predicted molar refractivity (Wildman–Crippen MR) is 152 cm³/mol. The number of carboxylic acid groups (broad SMARTS) is 2. The van der Waals surface area contributed by atoms with Gasteiger partial charge < -0.3 is 36.6 Å². The molecular formula is C28H29F4N7O8. The zero-order valence-electron chi connectivity index (χ0n) is 24.5. The van der Waals surface area contributed by atoms with Gasteiger partial charge in [-0.15, -0.1) is 13.2 Å². The summed E-state index contributed by atoms with van der Waals surface area (Å²) in [6, 6.07) is 2.36. The maximum absolute atomic E-state index is 14.5. The number of rotatable bonds is 10. The van der Waals surface area contributed by atoms with Crippen LogP contribution in [-0.2, 0) is 25.7 Å². The number of carbonyl (C=O) groups excluding carboxylic acids is 3. The first kappa shape index (κ1) is 34.5. The molecule has 1 aromatic carbocycles. The number of aromatic nitrogens is 3. The number of anilines is 1. The van der Waals surface area contributed by atoms with Crippen LogP contribution in [0.1, 0.15) is 41.9 Å². The van der Waals surface area contributed by atoms with Crippen molar-refractivity contribution in [2.75, 3.05) is 5.32 Å². The number of likely N-dealkylation sites (tertiary alicyclic amines) is 1. The molecule has 3 heterocycles. The number of benzene rings is 1. The molecule has 2 fully saturated rings. The lowest BCUT2D eigenvalue weighted by molar-refractivity contribution is -0.275. The Hall–Kier alpha value is -5.33. The zero-order valence-corrected chi connectivity index (χ0v) is 24.5. The van der Waals surface area contributed by atoms with E-state index in [-0.39, 0.29) is 37.0 Å². The monoisotopic (exact) mass is 667 g/mol. The Labute approximate surface area is 262 Å². The van der Waals surface area contributed by atoms with E-state index in [1.165, 1.54) is 15.8 Å². The molecule has 1 aliphatic heterocycles. The minimum absolute atomic E-state index is 0.0231. The van der Waals surface area contributed by atoms with E-state index in [2.05, 4.69) is 20.1 Å². The number of amides is 3. The maximum atomic E-state index is 14.5. The number of nitrogens with two attached hydrogens (primary N) is 2. The molecule has 1 unspecified atom stereocenters. The Balaban J connectivity index is 0.000000434. The third kappa shape index (κ3) is 8.29. The quantitative estimate of drug-likeness (QED) is 0.196. The zero-order chi connectivity index (χ0) is 34.8. The molecule has 3 amide bonds.